The number of carbonyl (C=O) groups is 3. The number of hydrogen-bond donors (Lipinski definition) is 1. The van der Waals surface area contributed by atoms with Crippen molar-refractivity contribution in [2.75, 3.05) is 24.5 Å². The monoisotopic (exact) mass is 509 g/mol. The van der Waals surface area contributed by atoms with Gasteiger partial charge in [-0.3, -0.25) is 19.3 Å². The van der Waals surface area contributed by atoms with Crippen molar-refractivity contribution in [2.45, 2.75) is 19.3 Å². The van der Waals surface area contributed by atoms with Crippen LogP contribution in [0.1, 0.15) is 28.9 Å². The van der Waals surface area contributed by atoms with E-state index in [9.17, 15) is 19.5 Å². The number of aromatic nitrogens is 1. The molecule has 4 heterocycles. The van der Waals surface area contributed by atoms with Crippen molar-refractivity contribution in [3.63, 3.8) is 0 Å². The summed E-state index contributed by atoms with van der Waals surface area (Å²) in [5, 5.41) is 14.4. The molecule has 2 amide bonds. The van der Waals surface area contributed by atoms with Crippen molar-refractivity contribution < 1.29 is 23.9 Å². The number of carboxylic acids is 1. The van der Waals surface area contributed by atoms with Crippen LogP contribution in [0.4, 0.5) is 5.13 Å². The summed E-state index contributed by atoms with van der Waals surface area (Å²) in [6, 6.07) is 13.2. The molecule has 35 heavy (non-hydrogen) atoms. The van der Waals surface area contributed by atoms with Crippen LogP contribution in [0.3, 0.4) is 0 Å². The SMILES string of the molecule is O=C(O)C1CCCN(C(=O)CCN(C(=O)c2cccs2)c2nc(-c3cc4ccccc4o3)cs2)C1. The maximum Gasteiger partial charge on any atom is 0.308 e. The number of likely N-dealkylation sites (tertiary alicyclic amines) is 1. The fraction of sp³-hybridized carbons (Fsp3) is 0.280. The number of aliphatic carboxylic acids is 1. The molecule has 3 aromatic heterocycles. The molecule has 0 saturated carbocycles. The minimum absolute atomic E-state index is 0.0863. The van der Waals surface area contributed by atoms with Crippen molar-refractivity contribution in [2.24, 2.45) is 5.92 Å². The number of nitrogens with zero attached hydrogens (tertiary/aromatic N) is 3. The first-order valence-electron chi connectivity index (χ1n) is 11.3. The van der Waals surface area contributed by atoms with E-state index in [0.29, 0.717) is 40.8 Å². The Hall–Kier alpha value is -3.50. The van der Waals surface area contributed by atoms with E-state index in [4.69, 9.17) is 4.42 Å². The van der Waals surface area contributed by atoms with Gasteiger partial charge in [0.15, 0.2) is 10.9 Å². The molecular weight excluding hydrogens is 486 g/mol. The zero-order valence-corrected chi connectivity index (χ0v) is 20.4. The number of thiophene rings is 1. The lowest BCUT2D eigenvalue weighted by atomic mass is 9.98. The summed E-state index contributed by atoms with van der Waals surface area (Å²) in [5.74, 6) is -1.18. The largest absolute Gasteiger partial charge is 0.481 e. The summed E-state index contributed by atoms with van der Waals surface area (Å²) >= 11 is 2.65. The van der Waals surface area contributed by atoms with E-state index >= 15 is 0 Å². The molecule has 1 unspecified atom stereocenters. The summed E-state index contributed by atoms with van der Waals surface area (Å²) in [5.41, 5.74) is 1.38. The van der Waals surface area contributed by atoms with E-state index in [-0.39, 0.29) is 31.3 Å². The molecule has 0 aliphatic carbocycles. The van der Waals surface area contributed by atoms with E-state index in [0.717, 1.165) is 11.0 Å². The average Bonchev–Trinajstić information content (AvgIpc) is 3.64. The number of carboxylic acid groups (broad SMARTS) is 1. The third-order valence-electron chi connectivity index (χ3n) is 6.05. The number of amides is 2. The number of thiazole rings is 1. The molecule has 5 rings (SSSR count). The van der Waals surface area contributed by atoms with Crippen molar-refractivity contribution in [1.82, 2.24) is 9.88 Å². The summed E-state index contributed by atoms with van der Waals surface area (Å²) in [6.45, 7) is 0.895. The molecule has 1 atom stereocenters. The standard InChI is InChI=1S/C25H23N3O5S2/c29-22(27-10-3-6-17(14-27)24(31)32)9-11-28(23(30)21-8-4-12-34-21)25-26-18(15-35-25)20-13-16-5-1-2-7-19(16)33-20/h1-2,4-5,7-8,12-13,15,17H,3,6,9-11,14H2,(H,31,32). The number of fused-ring (bicyclic) bond motifs is 1. The fourth-order valence-corrected chi connectivity index (χ4v) is 5.71. The molecular formula is C25H23N3O5S2. The highest BCUT2D eigenvalue weighted by Crippen LogP contribution is 2.32. The van der Waals surface area contributed by atoms with Gasteiger partial charge in [0.2, 0.25) is 5.91 Å². The van der Waals surface area contributed by atoms with Crippen LogP contribution in [0.25, 0.3) is 22.4 Å². The summed E-state index contributed by atoms with van der Waals surface area (Å²) in [7, 11) is 0. The molecule has 1 aliphatic rings. The van der Waals surface area contributed by atoms with Crippen LogP contribution in [-0.4, -0.2) is 52.4 Å². The maximum atomic E-state index is 13.3. The molecule has 0 radical (unpaired) electrons. The van der Waals surface area contributed by atoms with Gasteiger partial charge < -0.3 is 14.4 Å². The lowest BCUT2D eigenvalue weighted by Gasteiger charge is -2.31. The molecule has 1 N–H and O–H groups in total. The van der Waals surface area contributed by atoms with Crippen LogP contribution >= 0.6 is 22.7 Å². The molecule has 4 aromatic rings. The average molecular weight is 510 g/mol. The number of benzene rings is 1. The number of carbonyl (C=O) groups excluding carboxylic acids is 2. The predicted molar refractivity (Wildman–Crippen MR) is 135 cm³/mol. The van der Waals surface area contributed by atoms with Crippen molar-refractivity contribution in [3.05, 3.63) is 58.1 Å². The second-order valence-corrected chi connectivity index (χ2v) is 10.1. The Kier molecular flexibility index (Phi) is 6.65. The Morgan fingerprint density at radius 2 is 2.03 bits per heavy atom. The zero-order valence-electron chi connectivity index (χ0n) is 18.8. The van der Waals surface area contributed by atoms with E-state index < -0.39 is 11.9 Å². The third kappa shape index (κ3) is 4.98. The molecule has 8 nitrogen and oxygen atoms in total. The Morgan fingerprint density at radius 1 is 1.17 bits per heavy atom. The van der Waals surface area contributed by atoms with Gasteiger partial charge in [-0.1, -0.05) is 24.3 Å². The summed E-state index contributed by atoms with van der Waals surface area (Å²) in [6.07, 6.45) is 1.32. The normalized spacial score (nSPS) is 15.9. The first-order chi connectivity index (χ1) is 17.0. The number of rotatable bonds is 7. The van der Waals surface area contributed by atoms with Crippen LogP contribution in [-0.2, 0) is 9.59 Å². The van der Waals surface area contributed by atoms with Crippen LogP contribution in [0.15, 0.2) is 57.6 Å². The molecule has 1 fully saturated rings. The second-order valence-electron chi connectivity index (χ2n) is 8.37. The molecule has 0 bridgehead atoms. The van der Waals surface area contributed by atoms with Gasteiger partial charge in [0.25, 0.3) is 5.91 Å². The van der Waals surface area contributed by atoms with Gasteiger partial charge in [-0.15, -0.1) is 22.7 Å². The third-order valence-corrected chi connectivity index (χ3v) is 7.77. The quantitative estimate of drug-likeness (QED) is 0.377. The van der Waals surface area contributed by atoms with Gasteiger partial charge in [0.05, 0.1) is 10.8 Å². The molecule has 10 heteroatoms. The highest BCUT2D eigenvalue weighted by molar-refractivity contribution is 7.14. The molecule has 1 aromatic carbocycles. The smallest absolute Gasteiger partial charge is 0.308 e. The van der Waals surface area contributed by atoms with Gasteiger partial charge in [-0.25, -0.2) is 4.98 Å². The highest BCUT2D eigenvalue weighted by Gasteiger charge is 2.29. The number of anilines is 1. The first-order valence-corrected chi connectivity index (χ1v) is 13.1. The fourth-order valence-electron chi connectivity index (χ4n) is 4.20. The minimum Gasteiger partial charge on any atom is -0.481 e. The van der Waals surface area contributed by atoms with E-state index in [2.05, 4.69) is 4.98 Å². The molecule has 1 aliphatic heterocycles. The summed E-state index contributed by atoms with van der Waals surface area (Å²) < 4.78 is 5.92. The van der Waals surface area contributed by atoms with Crippen molar-refractivity contribution >= 4 is 56.6 Å². The Morgan fingerprint density at radius 3 is 2.80 bits per heavy atom. The van der Waals surface area contributed by atoms with Gasteiger partial charge >= 0.3 is 5.97 Å². The first kappa shape index (κ1) is 23.3. The maximum absolute atomic E-state index is 13.3. The molecule has 180 valence electrons. The van der Waals surface area contributed by atoms with E-state index in [1.54, 1.807) is 11.0 Å². The van der Waals surface area contributed by atoms with Crippen LogP contribution in [0.5, 0.6) is 0 Å². The van der Waals surface area contributed by atoms with Gasteiger partial charge in [-0.2, -0.15) is 0 Å². The zero-order chi connectivity index (χ0) is 24.4. The van der Waals surface area contributed by atoms with E-state index in [1.165, 1.54) is 27.6 Å². The van der Waals surface area contributed by atoms with Crippen LogP contribution in [0.2, 0.25) is 0 Å². The van der Waals surface area contributed by atoms with Crippen molar-refractivity contribution in [3.8, 4) is 11.5 Å². The topological polar surface area (TPSA) is 104 Å². The number of piperidine rings is 1. The second kappa shape index (κ2) is 10.0. The van der Waals surface area contributed by atoms with Crippen LogP contribution < -0.4 is 4.90 Å². The summed E-state index contributed by atoms with van der Waals surface area (Å²) in [4.78, 5) is 45.9. The number of para-hydroxylation sites is 1. The minimum atomic E-state index is -0.877. The lowest BCUT2D eigenvalue weighted by Crippen LogP contribution is -2.43. The van der Waals surface area contributed by atoms with E-state index in [1.807, 2.05) is 47.2 Å². The van der Waals surface area contributed by atoms with Gasteiger partial charge in [0.1, 0.15) is 11.3 Å². The molecule has 0 spiro atoms. The Labute approximate surface area is 209 Å². The Bertz CT molecular complexity index is 1330. The van der Waals surface area contributed by atoms with Gasteiger partial charge in [-0.05, 0) is 36.4 Å². The number of hydrogen-bond acceptors (Lipinski definition) is 7. The Balaban J connectivity index is 1.35. The number of furan rings is 1. The van der Waals surface area contributed by atoms with Crippen molar-refractivity contribution in [1.29, 1.82) is 0 Å². The molecule has 1 saturated heterocycles. The predicted octanol–water partition coefficient (Wildman–Crippen LogP) is 4.98. The highest BCUT2D eigenvalue weighted by atomic mass is 32.1. The lowest BCUT2D eigenvalue weighted by molar-refractivity contribution is -0.145. The van der Waals surface area contributed by atoms with Gasteiger partial charge in [0, 0.05) is 36.8 Å². The van der Waals surface area contributed by atoms with Crippen LogP contribution in [0, 0.1) is 5.92 Å².